The van der Waals surface area contributed by atoms with Gasteiger partial charge < -0.3 is 15.8 Å². The van der Waals surface area contributed by atoms with E-state index in [1.807, 2.05) is 18.2 Å². The molecule has 0 fully saturated rings. The summed E-state index contributed by atoms with van der Waals surface area (Å²) in [7, 11) is 1.61. The van der Waals surface area contributed by atoms with Gasteiger partial charge in [0.15, 0.2) is 5.82 Å². The number of benzene rings is 1. The van der Waals surface area contributed by atoms with Gasteiger partial charge in [-0.25, -0.2) is 0 Å². The molecule has 98 valence electrons. The molecule has 0 aliphatic carbocycles. The van der Waals surface area contributed by atoms with Crippen molar-refractivity contribution in [1.29, 1.82) is 0 Å². The summed E-state index contributed by atoms with van der Waals surface area (Å²) >= 11 is 8.39. The van der Waals surface area contributed by atoms with Crippen LogP contribution < -0.4 is 15.8 Å². The Morgan fingerprint density at radius 3 is 2.84 bits per heavy atom. The summed E-state index contributed by atoms with van der Waals surface area (Å²) in [4.78, 5) is 0.268. The molecule has 0 saturated heterocycles. The first kappa shape index (κ1) is 13.7. The monoisotopic (exact) mass is 338 g/mol. The summed E-state index contributed by atoms with van der Waals surface area (Å²) in [6.07, 6.45) is 1.55. The molecule has 1 aromatic carbocycles. The van der Waals surface area contributed by atoms with Gasteiger partial charge in [0.2, 0.25) is 0 Å². The number of halogens is 1. The fourth-order valence-electron chi connectivity index (χ4n) is 1.50. The predicted molar refractivity (Wildman–Crippen MR) is 81.9 cm³/mol. The average Bonchev–Trinajstić information content (AvgIpc) is 2.39. The summed E-state index contributed by atoms with van der Waals surface area (Å²) in [5.74, 6) is 1.27. The topological polar surface area (TPSA) is 73.1 Å². The first-order valence-corrected chi connectivity index (χ1v) is 6.54. The molecule has 5 nitrogen and oxygen atoms in total. The molecule has 0 saturated carbocycles. The van der Waals surface area contributed by atoms with Crippen LogP contribution in [0.3, 0.4) is 0 Å². The number of ether oxygens (including phenoxy) is 1. The highest BCUT2D eigenvalue weighted by Crippen LogP contribution is 2.29. The van der Waals surface area contributed by atoms with Crippen LogP contribution in [0.4, 0.5) is 11.5 Å². The maximum atomic E-state index is 5.64. The standard InChI is InChI=1S/C12H11BrN4OS/c1-18-10-3-2-7(6-9(10)13)16-12-8(11(14)19)4-5-15-17-12/h2-6H,1H3,(H2,14,19)(H,16,17). The van der Waals surface area contributed by atoms with Crippen LogP contribution in [0.5, 0.6) is 5.75 Å². The van der Waals surface area contributed by atoms with Crippen molar-refractivity contribution in [2.75, 3.05) is 12.4 Å². The Morgan fingerprint density at radius 1 is 1.42 bits per heavy atom. The van der Waals surface area contributed by atoms with Crippen molar-refractivity contribution in [3.63, 3.8) is 0 Å². The zero-order valence-electron chi connectivity index (χ0n) is 10.1. The van der Waals surface area contributed by atoms with Gasteiger partial charge in [-0.1, -0.05) is 12.2 Å². The van der Waals surface area contributed by atoms with E-state index in [1.165, 1.54) is 0 Å². The average molecular weight is 339 g/mol. The fourth-order valence-corrected chi connectivity index (χ4v) is 2.21. The van der Waals surface area contributed by atoms with Gasteiger partial charge in [-0.3, -0.25) is 0 Å². The third kappa shape index (κ3) is 3.18. The van der Waals surface area contributed by atoms with E-state index in [-0.39, 0.29) is 4.99 Å². The zero-order chi connectivity index (χ0) is 13.8. The van der Waals surface area contributed by atoms with Crippen molar-refractivity contribution in [3.8, 4) is 5.75 Å². The van der Waals surface area contributed by atoms with Gasteiger partial charge in [0.05, 0.1) is 23.3 Å². The zero-order valence-corrected chi connectivity index (χ0v) is 12.5. The Bertz CT molecular complexity index is 620. The van der Waals surface area contributed by atoms with Crippen LogP contribution in [-0.4, -0.2) is 22.3 Å². The molecule has 2 aromatic rings. The molecule has 19 heavy (non-hydrogen) atoms. The summed E-state index contributed by atoms with van der Waals surface area (Å²) < 4.78 is 6.00. The van der Waals surface area contributed by atoms with Crippen LogP contribution in [0, 0.1) is 0 Å². The van der Waals surface area contributed by atoms with Crippen LogP contribution in [-0.2, 0) is 0 Å². The van der Waals surface area contributed by atoms with Crippen LogP contribution >= 0.6 is 28.1 Å². The molecule has 7 heteroatoms. The van der Waals surface area contributed by atoms with Crippen molar-refractivity contribution < 1.29 is 4.74 Å². The first-order valence-electron chi connectivity index (χ1n) is 5.34. The molecule has 2 rings (SSSR count). The van der Waals surface area contributed by atoms with Gasteiger partial charge >= 0.3 is 0 Å². The number of anilines is 2. The van der Waals surface area contributed by atoms with E-state index < -0.39 is 0 Å². The smallest absolute Gasteiger partial charge is 0.163 e. The Kier molecular flexibility index (Phi) is 4.28. The number of thiocarbonyl (C=S) groups is 1. The second-order valence-corrected chi connectivity index (χ2v) is 4.93. The lowest BCUT2D eigenvalue weighted by Crippen LogP contribution is -2.13. The minimum absolute atomic E-state index is 0.268. The molecule has 0 radical (unpaired) electrons. The number of nitrogens with zero attached hydrogens (tertiary/aromatic N) is 2. The van der Waals surface area contributed by atoms with Gasteiger partial charge in [0.1, 0.15) is 10.7 Å². The van der Waals surface area contributed by atoms with Crippen molar-refractivity contribution in [2.24, 2.45) is 5.73 Å². The Labute approximate surface area is 124 Å². The molecule has 1 aromatic heterocycles. The van der Waals surface area contributed by atoms with Crippen LogP contribution in [0.25, 0.3) is 0 Å². The molecule has 3 N–H and O–H groups in total. The van der Waals surface area contributed by atoms with Crippen molar-refractivity contribution in [1.82, 2.24) is 10.2 Å². The molecule has 0 aliphatic rings. The number of rotatable bonds is 4. The van der Waals surface area contributed by atoms with Gasteiger partial charge in [-0.2, -0.15) is 5.10 Å². The maximum Gasteiger partial charge on any atom is 0.163 e. The lowest BCUT2D eigenvalue weighted by molar-refractivity contribution is 0.412. The molecule has 1 heterocycles. The fraction of sp³-hybridized carbons (Fsp3) is 0.0833. The van der Waals surface area contributed by atoms with E-state index >= 15 is 0 Å². The Hall–Kier alpha value is -1.73. The summed E-state index contributed by atoms with van der Waals surface area (Å²) in [6, 6.07) is 7.29. The van der Waals surface area contributed by atoms with Crippen molar-refractivity contribution in [2.45, 2.75) is 0 Å². The number of hydrogen-bond donors (Lipinski definition) is 2. The maximum absolute atomic E-state index is 5.64. The molecule has 0 spiro atoms. The largest absolute Gasteiger partial charge is 0.496 e. The quantitative estimate of drug-likeness (QED) is 0.835. The van der Waals surface area contributed by atoms with Crippen molar-refractivity contribution in [3.05, 3.63) is 40.5 Å². The van der Waals surface area contributed by atoms with E-state index in [4.69, 9.17) is 22.7 Å². The summed E-state index contributed by atoms with van der Waals surface area (Å²) in [6.45, 7) is 0. The molecule has 0 bridgehead atoms. The highest BCUT2D eigenvalue weighted by atomic mass is 79.9. The molecular formula is C12H11BrN4OS. The first-order chi connectivity index (χ1) is 9.11. The van der Waals surface area contributed by atoms with Crippen LogP contribution in [0.2, 0.25) is 0 Å². The summed E-state index contributed by atoms with van der Waals surface area (Å²) in [5, 5.41) is 10.9. The number of hydrogen-bond acceptors (Lipinski definition) is 5. The number of nitrogens with one attached hydrogen (secondary N) is 1. The number of aromatic nitrogens is 2. The second-order valence-electron chi connectivity index (χ2n) is 3.63. The van der Waals surface area contributed by atoms with E-state index in [1.54, 1.807) is 19.4 Å². The van der Waals surface area contributed by atoms with E-state index in [0.717, 1.165) is 15.9 Å². The normalized spacial score (nSPS) is 10.0. The molecule has 0 amide bonds. The number of methoxy groups -OCH3 is 1. The van der Waals surface area contributed by atoms with Gasteiger partial charge in [0.25, 0.3) is 0 Å². The molecule has 0 unspecified atom stereocenters. The van der Waals surface area contributed by atoms with Crippen LogP contribution in [0.15, 0.2) is 34.9 Å². The third-order valence-corrected chi connectivity index (χ3v) is 3.24. The minimum Gasteiger partial charge on any atom is -0.496 e. The Morgan fingerprint density at radius 2 is 2.21 bits per heavy atom. The molecule has 0 aliphatic heterocycles. The van der Waals surface area contributed by atoms with E-state index in [9.17, 15) is 0 Å². The van der Waals surface area contributed by atoms with Gasteiger partial charge in [-0.05, 0) is 40.2 Å². The highest BCUT2D eigenvalue weighted by molar-refractivity contribution is 9.10. The molecule has 0 atom stereocenters. The lowest BCUT2D eigenvalue weighted by atomic mass is 10.2. The number of nitrogens with two attached hydrogens (primary N) is 1. The highest BCUT2D eigenvalue weighted by Gasteiger charge is 2.08. The van der Waals surface area contributed by atoms with Gasteiger partial charge in [0, 0.05) is 5.69 Å². The molecular weight excluding hydrogens is 328 g/mol. The second kappa shape index (κ2) is 5.94. The van der Waals surface area contributed by atoms with E-state index in [2.05, 4.69) is 31.4 Å². The third-order valence-electron chi connectivity index (χ3n) is 2.40. The SMILES string of the molecule is COc1ccc(Nc2nnccc2C(N)=S)cc1Br. The van der Waals surface area contributed by atoms with Gasteiger partial charge in [-0.15, -0.1) is 5.10 Å². The lowest BCUT2D eigenvalue weighted by Gasteiger charge is -2.10. The van der Waals surface area contributed by atoms with E-state index in [0.29, 0.717) is 11.4 Å². The van der Waals surface area contributed by atoms with Crippen LogP contribution in [0.1, 0.15) is 5.56 Å². The Balaban J connectivity index is 2.31. The minimum atomic E-state index is 0.268. The van der Waals surface area contributed by atoms with Crippen molar-refractivity contribution >= 4 is 44.6 Å². The predicted octanol–water partition coefficient (Wildman–Crippen LogP) is 2.63. The summed E-state index contributed by atoms with van der Waals surface area (Å²) in [5.41, 5.74) is 7.11.